The van der Waals surface area contributed by atoms with Gasteiger partial charge in [0.05, 0.1) is 13.2 Å². The average molecular weight is 374 g/mol. The van der Waals surface area contributed by atoms with Crippen LogP contribution in [-0.4, -0.2) is 38.0 Å². The molecular formula is C19H22N2O4S. The standard InChI is InChI=1S/C19H22N2O4S/c1-3-24-16-10-6-15(7-11-16)20-19(26)21-18(22)14-4-8-17(9-5-14)25-13-12-23-2/h4-11H,3,12-13H2,1-2H3,(H2,20,21,22,26). The van der Waals surface area contributed by atoms with E-state index in [1.165, 1.54) is 0 Å². The summed E-state index contributed by atoms with van der Waals surface area (Å²) in [4.78, 5) is 12.2. The summed E-state index contributed by atoms with van der Waals surface area (Å²) in [6.07, 6.45) is 0. The van der Waals surface area contributed by atoms with Gasteiger partial charge in [-0.15, -0.1) is 0 Å². The fraction of sp³-hybridized carbons (Fsp3) is 0.263. The number of anilines is 1. The maximum Gasteiger partial charge on any atom is 0.257 e. The quantitative estimate of drug-likeness (QED) is 0.546. The molecule has 0 atom stereocenters. The Bertz CT molecular complexity index is 717. The van der Waals surface area contributed by atoms with E-state index >= 15 is 0 Å². The molecule has 2 aromatic rings. The first-order chi connectivity index (χ1) is 12.6. The van der Waals surface area contributed by atoms with E-state index < -0.39 is 0 Å². The normalized spacial score (nSPS) is 10.1. The van der Waals surface area contributed by atoms with Gasteiger partial charge in [0.15, 0.2) is 5.11 Å². The molecule has 0 radical (unpaired) electrons. The number of methoxy groups -OCH3 is 1. The van der Waals surface area contributed by atoms with Gasteiger partial charge in [-0.1, -0.05) is 0 Å². The molecule has 7 heteroatoms. The molecule has 0 saturated heterocycles. The Labute approximate surface area is 158 Å². The minimum Gasteiger partial charge on any atom is -0.494 e. The van der Waals surface area contributed by atoms with Gasteiger partial charge in [-0.2, -0.15) is 0 Å². The molecule has 0 bridgehead atoms. The van der Waals surface area contributed by atoms with Gasteiger partial charge in [0.1, 0.15) is 18.1 Å². The number of carbonyl (C=O) groups excluding carboxylic acids is 1. The number of amides is 1. The first kappa shape index (κ1) is 19.7. The Kier molecular flexibility index (Phi) is 7.85. The van der Waals surface area contributed by atoms with E-state index in [2.05, 4.69) is 10.6 Å². The van der Waals surface area contributed by atoms with Gasteiger partial charge in [0, 0.05) is 18.4 Å². The highest BCUT2D eigenvalue weighted by molar-refractivity contribution is 7.80. The van der Waals surface area contributed by atoms with Gasteiger partial charge in [-0.25, -0.2) is 0 Å². The van der Waals surface area contributed by atoms with Crippen molar-refractivity contribution in [3.63, 3.8) is 0 Å². The summed E-state index contributed by atoms with van der Waals surface area (Å²) in [7, 11) is 1.61. The molecule has 138 valence electrons. The van der Waals surface area contributed by atoms with Crippen LogP contribution >= 0.6 is 12.2 Å². The third-order valence-corrected chi connectivity index (χ3v) is 3.53. The van der Waals surface area contributed by atoms with E-state index in [1.807, 2.05) is 31.2 Å². The van der Waals surface area contributed by atoms with E-state index in [-0.39, 0.29) is 11.0 Å². The molecule has 26 heavy (non-hydrogen) atoms. The zero-order chi connectivity index (χ0) is 18.8. The minimum absolute atomic E-state index is 0.222. The molecule has 0 aromatic heterocycles. The van der Waals surface area contributed by atoms with Gasteiger partial charge < -0.3 is 19.5 Å². The second-order valence-corrected chi connectivity index (χ2v) is 5.64. The molecule has 0 aliphatic carbocycles. The molecule has 0 spiro atoms. The van der Waals surface area contributed by atoms with E-state index in [4.69, 9.17) is 26.4 Å². The molecular weight excluding hydrogens is 352 g/mol. The molecule has 0 fully saturated rings. The van der Waals surface area contributed by atoms with Crippen molar-refractivity contribution in [2.75, 3.05) is 32.2 Å². The van der Waals surface area contributed by atoms with Crippen LogP contribution in [0.2, 0.25) is 0 Å². The molecule has 1 amide bonds. The predicted octanol–water partition coefficient (Wildman–Crippen LogP) is 3.24. The SMILES string of the molecule is CCOc1ccc(NC(=S)NC(=O)c2ccc(OCCOC)cc2)cc1. The fourth-order valence-corrected chi connectivity index (χ4v) is 2.29. The van der Waals surface area contributed by atoms with E-state index in [9.17, 15) is 4.79 Å². The van der Waals surface area contributed by atoms with Crippen molar-refractivity contribution in [1.29, 1.82) is 0 Å². The minimum atomic E-state index is -0.295. The topological polar surface area (TPSA) is 68.8 Å². The Morgan fingerprint density at radius 3 is 2.19 bits per heavy atom. The average Bonchev–Trinajstić information content (AvgIpc) is 2.64. The van der Waals surface area contributed by atoms with E-state index in [1.54, 1.807) is 31.4 Å². The van der Waals surface area contributed by atoms with Crippen LogP contribution in [0.3, 0.4) is 0 Å². The van der Waals surface area contributed by atoms with Crippen LogP contribution in [0.1, 0.15) is 17.3 Å². The van der Waals surface area contributed by atoms with Crippen molar-refractivity contribution >= 4 is 28.9 Å². The molecule has 2 rings (SSSR count). The van der Waals surface area contributed by atoms with Crippen LogP contribution < -0.4 is 20.1 Å². The van der Waals surface area contributed by atoms with Gasteiger partial charge >= 0.3 is 0 Å². The van der Waals surface area contributed by atoms with Crippen LogP contribution in [0.25, 0.3) is 0 Å². The second-order valence-electron chi connectivity index (χ2n) is 5.23. The summed E-state index contributed by atoms with van der Waals surface area (Å²) >= 11 is 5.18. The van der Waals surface area contributed by atoms with Crippen LogP contribution in [0, 0.1) is 0 Å². The van der Waals surface area contributed by atoms with Crippen LogP contribution in [0.4, 0.5) is 5.69 Å². The largest absolute Gasteiger partial charge is 0.494 e. The third-order valence-electron chi connectivity index (χ3n) is 3.32. The van der Waals surface area contributed by atoms with E-state index in [0.29, 0.717) is 31.1 Å². The van der Waals surface area contributed by atoms with E-state index in [0.717, 1.165) is 11.4 Å². The number of thiocarbonyl (C=S) groups is 1. The summed E-state index contributed by atoms with van der Waals surface area (Å²) in [5.41, 5.74) is 1.25. The third kappa shape index (κ3) is 6.34. The predicted molar refractivity (Wildman–Crippen MR) is 105 cm³/mol. The summed E-state index contributed by atoms with van der Waals surface area (Å²) in [5.74, 6) is 1.16. The highest BCUT2D eigenvalue weighted by atomic mass is 32.1. The molecule has 0 aliphatic heterocycles. The summed E-state index contributed by atoms with van der Waals surface area (Å²) in [6.45, 7) is 3.50. The molecule has 2 aromatic carbocycles. The molecule has 6 nitrogen and oxygen atoms in total. The van der Waals surface area contributed by atoms with Crippen LogP contribution in [-0.2, 0) is 4.74 Å². The van der Waals surface area contributed by atoms with Crippen molar-refractivity contribution in [3.8, 4) is 11.5 Å². The van der Waals surface area contributed by atoms with Crippen LogP contribution in [0.5, 0.6) is 11.5 Å². The number of rotatable bonds is 8. The lowest BCUT2D eigenvalue weighted by atomic mass is 10.2. The zero-order valence-corrected chi connectivity index (χ0v) is 15.6. The summed E-state index contributed by atoms with van der Waals surface area (Å²) in [5, 5.41) is 5.83. The molecule has 0 heterocycles. The van der Waals surface area contributed by atoms with Crippen molar-refractivity contribution in [1.82, 2.24) is 5.32 Å². The maximum atomic E-state index is 12.2. The monoisotopic (exact) mass is 374 g/mol. The number of hydrogen-bond donors (Lipinski definition) is 2. The number of nitrogens with one attached hydrogen (secondary N) is 2. The highest BCUT2D eigenvalue weighted by Gasteiger charge is 2.08. The lowest BCUT2D eigenvalue weighted by Crippen LogP contribution is -2.34. The molecule has 2 N–H and O–H groups in total. The fourth-order valence-electron chi connectivity index (χ4n) is 2.08. The van der Waals surface area contributed by atoms with Crippen molar-refractivity contribution in [2.45, 2.75) is 6.92 Å². The number of hydrogen-bond acceptors (Lipinski definition) is 5. The smallest absolute Gasteiger partial charge is 0.257 e. The first-order valence-corrected chi connectivity index (χ1v) is 8.60. The summed E-state index contributed by atoms with van der Waals surface area (Å²) in [6, 6.07) is 14.1. The molecule has 0 unspecified atom stereocenters. The second kappa shape index (κ2) is 10.4. The van der Waals surface area contributed by atoms with Crippen molar-refractivity contribution in [2.24, 2.45) is 0 Å². The Hall–Kier alpha value is -2.64. The highest BCUT2D eigenvalue weighted by Crippen LogP contribution is 2.16. The number of ether oxygens (including phenoxy) is 3. The van der Waals surface area contributed by atoms with Crippen molar-refractivity contribution < 1.29 is 19.0 Å². The van der Waals surface area contributed by atoms with Gasteiger partial charge in [-0.3, -0.25) is 10.1 Å². The lowest BCUT2D eigenvalue weighted by molar-refractivity contribution is 0.0977. The zero-order valence-electron chi connectivity index (χ0n) is 14.8. The van der Waals surface area contributed by atoms with Gasteiger partial charge in [0.2, 0.25) is 0 Å². The molecule has 0 aliphatic rings. The maximum absolute atomic E-state index is 12.2. The Morgan fingerprint density at radius 2 is 1.58 bits per heavy atom. The Balaban J connectivity index is 1.85. The molecule has 0 saturated carbocycles. The van der Waals surface area contributed by atoms with Crippen LogP contribution in [0.15, 0.2) is 48.5 Å². The summed E-state index contributed by atoms with van der Waals surface area (Å²) < 4.78 is 15.8. The van der Waals surface area contributed by atoms with Gasteiger partial charge in [-0.05, 0) is 67.7 Å². The number of carbonyl (C=O) groups is 1. The number of benzene rings is 2. The Morgan fingerprint density at radius 1 is 0.962 bits per heavy atom. The van der Waals surface area contributed by atoms with Crippen molar-refractivity contribution in [3.05, 3.63) is 54.1 Å². The lowest BCUT2D eigenvalue weighted by Gasteiger charge is -2.11. The first-order valence-electron chi connectivity index (χ1n) is 8.19. The van der Waals surface area contributed by atoms with Gasteiger partial charge in [0.25, 0.3) is 5.91 Å².